The van der Waals surface area contributed by atoms with E-state index in [4.69, 9.17) is 0 Å². The molecule has 1 N–H and O–H groups in total. The van der Waals surface area contributed by atoms with Crippen molar-refractivity contribution < 1.29 is 9.59 Å². The van der Waals surface area contributed by atoms with Gasteiger partial charge < -0.3 is 10.2 Å². The molecule has 2 saturated heterocycles. The molecule has 1 atom stereocenters. The number of nitrogens with one attached hydrogen (secondary N) is 1. The highest BCUT2D eigenvalue weighted by atomic mass is 16.2. The van der Waals surface area contributed by atoms with Crippen LogP contribution in [0.2, 0.25) is 0 Å². The van der Waals surface area contributed by atoms with Crippen molar-refractivity contribution in [3.63, 3.8) is 0 Å². The van der Waals surface area contributed by atoms with Crippen LogP contribution in [0, 0.1) is 0 Å². The Morgan fingerprint density at radius 3 is 2.79 bits per heavy atom. The zero-order chi connectivity index (χ0) is 16.5. The molecule has 1 aromatic carbocycles. The van der Waals surface area contributed by atoms with E-state index in [0.29, 0.717) is 26.2 Å². The minimum Gasteiger partial charge on any atom is -0.336 e. The summed E-state index contributed by atoms with van der Waals surface area (Å²) in [5.41, 5.74) is 1.84. The summed E-state index contributed by atoms with van der Waals surface area (Å²) in [5, 5.41) is 11.1. The number of benzene rings is 1. The number of hydrogen-bond acceptors (Lipinski definition) is 4. The summed E-state index contributed by atoms with van der Waals surface area (Å²) in [6.45, 7) is 2.11. The molecule has 4 amide bonds. The Morgan fingerprint density at radius 2 is 2.04 bits per heavy atom. The number of likely N-dealkylation sites (tertiary alicyclic amines) is 1. The van der Waals surface area contributed by atoms with Gasteiger partial charge in [-0.05, 0) is 6.42 Å². The molecule has 8 heteroatoms. The van der Waals surface area contributed by atoms with E-state index >= 15 is 0 Å². The SMILES string of the molecule is O=C1NCCN1C(=O)N1CCC(n2cc(-c3ccccc3)nn2)C1. The number of rotatable bonds is 2. The zero-order valence-electron chi connectivity index (χ0n) is 13.1. The van der Waals surface area contributed by atoms with Gasteiger partial charge in [0.05, 0.1) is 12.2 Å². The molecule has 8 nitrogen and oxygen atoms in total. The van der Waals surface area contributed by atoms with Gasteiger partial charge in [-0.3, -0.25) is 0 Å². The average Bonchev–Trinajstić information content (AvgIpc) is 3.35. The molecule has 0 aliphatic carbocycles. The molecule has 2 aliphatic heterocycles. The van der Waals surface area contributed by atoms with Crippen LogP contribution in [0.5, 0.6) is 0 Å². The third kappa shape index (κ3) is 2.60. The Kier molecular flexibility index (Phi) is 3.64. The highest BCUT2D eigenvalue weighted by Gasteiger charge is 2.35. The first-order valence-electron chi connectivity index (χ1n) is 8.04. The largest absolute Gasteiger partial charge is 0.336 e. The second-order valence-corrected chi connectivity index (χ2v) is 6.00. The highest BCUT2D eigenvalue weighted by molar-refractivity contribution is 5.95. The Balaban J connectivity index is 1.45. The van der Waals surface area contributed by atoms with Crippen molar-refractivity contribution in [3.8, 4) is 11.3 Å². The summed E-state index contributed by atoms with van der Waals surface area (Å²) in [7, 11) is 0. The van der Waals surface area contributed by atoms with Crippen molar-refractivity contribution in [2.45, 2.75) is 12.5 Å². The van der Waals surface area contributed by atoms with Crippen molar-refractivity contribution in [1.29, 1.82) is 0 Å². The number of urea groups is 2. The van der Waals surface area contributed by atoms with Crippen LogP contribution in [0.25, 0.3) is 11.3 Å². The van der Waals surface area contributed by atoms with Crippen LogP contribution in [-0.4, -0.2) is 63.0 Å². The van der Waals surface area contributed by atoms with E-state index in [9.17, 15) is 9.59 Å². The number of hydrogen-bond donors (Lipinski definition) is 1. The van der Waals surface area contributed by atoms with Gasteiger partial charge in [0.15, 0.2) is 0 Å². The Morgan fingerprint density at radius 1 is 1.21 bits per heavy atom. The van der Waals surface area contributed by atoms with Gasteiger partial charge in [-0.1, -0.05) is 35.5 Å². The van der Waals surface area contributed by atoms with Crippen LogP contribution in [0.3, 0.4) is 0 Å². The van der Waals surface area contributed by atoms with Crippen molar-refractivity contribution >= 4 is 12.1 Å². The maximum Gasteiger partial charge on any atom is 0.328 e. The number of carbonyl (C=O) groups excluding carboxylic acids is 2. The van der Waals surface area contributed by atoms with E-state index in [2.05, 4.69) is 15.6 Å². The second kappa shape index (κ2) is 5.95. The molecule has 1 unspecified atom stereocenters. The first-order chi connectivity index (χ1) is 11.7. The van der Waals surface area contributed by atoms with E-state index in [1.54, 1.807) is 4.90 Å². The number of imide groups is 1. The molecular weight excluding hydrogens is 308 g/mol. The summed E-state index contributed by atoms with van der Waals surface area (Å²) < 4.78 is 1.82. The smallest absolute Gasteiger partial charge is 0.328 e. The topological polar surface area (TPSA) is 83.4 Å². The Bertz CT molecular complexity index is 759. The predicted molar refractivity (Wildman–Crippen MR) is 86.2 cm³/mol. The van der Waals surface area contributed by atoms with Crippen LogP contribution in [0.15, 0.2) is 36.5 Å². The highest BCUT2D eigenvalue weighted by Crippen LogP contribution is 2.24. The fourth-order valence-electron chi connectivity index (χ4n) is 3.15. The Hall–Kier alpha value is -2.90. The van der Waals surface area contributed by atoms with E-state index in [-0.39, 0.29) is 18.1 Å². The normalized spacial score (nSPS) is 20.5. The lowest BCUT2D eigenvalue weighted by molar-refractivity contribution is 0.170. The predicted octanol–water partition coefficient (Wildman–Crippen LogP) is 1.34. The van der Waals surface area contributed by atoms with Crippen molar-refractivity contribution in [1.82, 2.24) is 30.1 Å². The zero-order valence-corrected chi connectivity index (χ0v) is 13.1. The van der Waals surface area contributed by atoms with Crippen molar-refractivity contribution in [2.24, 2.45) is 0 Å². The van der Waals surface area contributed by atoms with Gasteiger partial charge in [0.1, 0.15) is 5.69 Å². The van der Waals surface area contributed by atoms with Crippen LogP contribution < -0.4 is 5.32 Å². The van der Waals surface area contributed by atoms with Gasteiger partial charge >= 0.3 is 12.1 Å². The van der Waals surface area contributed by atoms with Gasteiger partial charge in [-0.15, -0.1) is 5.10 Å². The minimum absolute atomic E-state index is 0.0876. The molecule has 2 fully saturated rings. The molecule has 0 spiro atoms. The molecule has 0 saturated carbocycles. The Labute approximate surface area is 139 Å². The average molecular weight is 326 g/mol. The van der Waals surface area contributed by atoms with Crippen LogP contribution in [0.1, 0.15) is 12.5 Å². The molecule has 0 bridgehead atoms. The second-order valence-electron chi connectivity index (χ2n) is 6.00. The van der Waals surface area contributed by atoms with Gasteiger partial charge in [-0.25, -0.2) is 19.2 Å². The number of aromatic nitrogens is 3. The summed E-state index contributed by atoms with van der Waals surface area (Å²) >= 11 is 0. The summed E-state index contributed by atoms with van der Waals surface area (Å²) in [6, 6.07) is 9.42. The monoisotopic (exact) mass is 326 g/mol. The van der Waals surface area contributed by atoms with Crippen LogP contribution in [-0.2, 0) is 0 Å². The third-order valence-electron chi connectivity index (χ3n) is 4.48. The fourth-order valence-corrected chi connectivity index (χ4v) is 3.15. The van der Waals surface area contributed by atoms with Gasteiger partial charge in [0.25, 0.3) is 0 Å². The summed E-state index contributed by atoms with van der Waals surface area (Å²) in [5.74, 6) is 0. The third-order valence-corrected chi connectivity index (χ3v) is 4.48. The maximum absolute atomic E-state index is 12.4. The van der Waals surface area contributed by atoms with Gasteiger partial charge in [-0.2, -0.15) is 0 Å². The van der Waals surface area contributed by atoms with E-state index in [1.807, 2.05) is 41.2 Å². The van der Waals surface area contributed by atoms with Crippen molar-refractivity contribution in [3.05, 3.63) is 36.5 Å². The van der Waals surface area contributed by atoms with E-state index in [0.717, 1.165) is 17.7 Å². The van der Waals surface area contributed by atoms with E-state index < -0.39 is 0 Å². The molecule has 1 aromatic heterocycles. The van der Waals surface area contributed by atoms with Crippen LogP contribution in [0.4, 0.5) is 9.59 Å². The molecule has 2 aromatic rings. The molecule has 3 heterocycles. The molecule has 0 radical (unpaired) electrons. The first-order valence-corrected chi connectivity index (χ1v) is 8.04. The number of carbonyl (C=O) groups is 2. The van der Waals surface area contributed by atoms with Gasteiger partial charge in [0.2, 0.25) is 0 Å². The molecule has 124 valence electrons. The fraction of sp³-hybridized carbons (Fsp3) is 0.375. The van der Waals surface area contributed by atoms with Crippen LogP contribution >= 0.6 is 0 Å². The lowest BCUT2D eigenvalue weighted by atomic mass is 10.2. The standard InChI is InChI=1S/C16H18N6O2/c23-15-17-7-9-21(15)16(24)20-8-6-13(10-20)22-11-14(18-19-22)12-4-2-1-3-5-12/h1-5,11,13H,6-10H2,(H,17,23). The molecule has 4 rings (SSSR count). The quantitative estimate of drug-likeness (QED) is 0.902. The van der Waals surface area contributed by atoms with E-state index in [1.165, 1.54) is 4.90 Å². The van der Waals surface area contributed by atoms with Crippen molar-refractivity contribution in [2.75, 3.05) is 26.2 Å². The molecular formula is C16H18N6O2. The number of nitrogens with zero attached hydrogens (tertiary/aromatic N) is 5. The molecule has 24 heavy (non-hydrogen) atoms. The first kappa shape index (κ1) is 14.7. The summed E-state index contributed by atoms with van der Waals surface area (Å²) in [6.07, 6.45) is 2.72. The minimum atomic E-state index is -0.310. The maximum atomic E-state index is 12.4. The van der Waals surface area contributed by atoms with Gasteiger partial charge in [0, 0.05) is 31.7 Å². The number of amides is 4. The lowest BCUT2D eigenvalue weighted by Crippen LogP contribution is -2.43. The molecule has 2 aliphatic rings. The lowest BCUT2D eigenvalue weighted by Gasteiger charge is -2.21. The summed E-state index contributed by atoms with van der Waals surface area (Å²) in [4.78, 5) is 27.0.